The van der Waals surface area contributed by atoms with Gasteiger partial charge in [-0.2, -0.15) is 5.10 Å². The third kappa shape index (κ3) is 5.34. The van der Waals surface area contributed by atoms with E-state index in [1.54, 1.807) is 29.9 Å². The molecule has 1 unspecified atom stereocenters. The number of hydrogen-bond acceptors (Lipinski definition) is 5. The molecule has 7 heteroatoms. The predicted octanol–water partition coefficient (Wildman–Crippen LogP) is 3.64. The second-order valence-corrected chi connectivity index (χ2v) is 7.16. The fourth-order valence-corrected chi connectivity index (χ4v) is 3.44. The molecule has 0 aliphatic carbocycles. The molecule has 1 aromatic heterocycles. The summed E-state index contributed by atoms with van der Waals surface area (Å²) in [7, 11) is 1.65. The van der Waals surface area contributed by atoms with Gasteiger partial charge in [-0.1, -0.05) is 12.1 Å². The summed E-state index contributed by atoms with van der Waals surface area (Å²) >= 11 is 1.66. The Kier molecular flexibility index (Phi) is 6.49. The Labute approximate surface area is 163 Å². The van der Waals surface area contributed by atoms with E-state index in [-0.39, 0.29) is 11.9 Å². The topological polar surface area (TPSA) is 69.0 Å². The van der Waals surface area contributed by atoms with E-state index in [1.807, 2.05) is 55.5 Å². The van der Waals surface area contributed by atoms with Gasteiger partial charge in [-0.25, -0.2) is 9.67 Å². The van der Waals surface area contributed by atoms with Crippen LogP contribution in [0.3, 0.4) is 0 Å². The Morgan fingerprint density at radius 2 is 1.93 bits per heavy atom. The number of benzene rings is 2. The maximum atomic E-state index is 12.2. The third-order valence-electron chi connectivity index (χ3n) is 4.11. The van der Waals surface area contributed by atoms with E-state index in [0.29, 0.717) is 6.42 Å². The van der Waals surface area contributed by atoms with Crippen molar-refractivity contribution in [1.29, 1.82) is 0 Å². The molecule has 1 heterocycles. The van der Waals surface area contributed by atoms with Crippen LogP contribution in [0.15, 0.2) is 66.1 Å². The summed E-state index contributed by atoms with van der Waals surface area (Å²) in [4.78, 5) is 17.3. The summed E-state index contributed by atoms with van der Waals surface area (Å²) in [5.74, 6) is 1.61. The molecular formula is C20H22N4O2S. The van der Waals surface area contributed by atoms with Crippen LogP contribution in [0.25, 0.3) is 5.69 Å². The third-order valence-corrected chi connectivity index (χ3v) is 5.12. The molecule has 0 spiro atoms. The van der Waals surface area contributed by atoms with Crippen LogP contribution in [-0.4, -0.2) is 33.5 Å². The number of amides is 1. The number of thioether (sulfide) groups is 1. The van der Waals surface area contributed by atoms with E-state index < -0.39 is 0 Å². The first-order valence-electron chi connectivity index (χ1n) is 8.67. The molecule has 1 amide bonds. The number of rotatable bonds is 8. The van der Waals surface area contributed by atoms with Gasteiger partial charge in [0.2, 0.25) is 5.91 Å². The molecule has 1 atom stereocenters. The van der Waals surface area contributed by atoms with Crippen molar-refractivity contribution in [2.24, 2.45) is 0 Å². The quantitative estimate of drug-likeness (QED) is 0.603. The Bertz CT molecular complexity index is 849. The lowest BCUT2D eigenvalue weighted by Gasteiger charge is -2.15. The van der Waals surface area contributed by atoms with E-state index >= 15 is 0 Å². The largest absolute Gasteiger partial charge is 0.497 e. The zero-order valence-electron chi connectivity index (χ0n) is 15.3. The fourth-order valence-electron chi connectivity index (χ4n) is 2.59. The van der Waals surface area contributed by atoms with Crippen LogP contribution in [0.1, 0.15) is 24.9 Å². The van der Waals surface area contributed by atoms with Crippen LogP contribution in [-0.2, 0) is 4.79 Å². The monoisotopic (exact) mass is 382 g/mol. The van der Waals surface area contributed by atoms with Gasteiger partial charge in [-0.05, 0) is 48.9 Å². The number of methoxy groups -OCH3 is 1. The molecule has 6 nitrogen and oxygen atoms in total. The van der Waals surface area contributed by atoms with Gasteiger partial charge in [-0.15, -0.1) is 11.8 Å². The molecule has 2 aromatic carbocycles. The average Bonchev–Trinajstić information content (AvgIpc) is 3.23. The van der Waals surface area contributed by atoms with Crippen molar-refractivity contribution >= 4 is 17.7 Å². The molecule has 0 aliphatic rings. The zero-order valence-corrected chi connectivity index (χ0v) is 16.1. The van der Waals surface area contributed by atoms with Crippen molar-refractivity contribution in [2.45, 2.75) is 24.3 Å². The summed E-state index contributed by atoms with van der Waals surface area (Å²) in [5, 5.41) is 7.15. The van der Waals surface area contributed by atoms with E-state index in [2.05, 4.69) is 15.4 Å². The van der Waals surface area contributed by atoms with E-state index in [1.165, 1.54) is 6.33 Å². The van der Waals surface area contributed by atoms with Crippen LogP contribution in [0, 0.1) is 0 Å². The minimum Gasteiger partial charge on any atom is -0.497 e. The summed E-state index contributed by atoms with van der Waals surface area (Å²) in [6, 6.07) is 15.7. The summed E-state index contributed by atoms with van der Waals surface area (Å²) in [6.45, 7) is 1.99. The van der Waals surface area contributed by atoms with Crippen LogP contribution in [0.5, 0.6) is 5.75 Å². The fraction of sp³-hybridized carbons (Fsp3) is 0.250. The van der Waals surface area contributed by atoms with Crippen molar-refractivity contribution in [3.05, 3.63) is 66.7 Å². The molecule has 0 aliphatic heterocycles. The number of carbonyl (C=O) groups is 1. The Morgan fingerprint density at radius 1 is 1.19 bits per heavy atom. The van der Waals surface area contributed by atoms with Gasteiger partial charge in [-0.3, -0.25) is 4.79 Å². The first kappa shape index (κ1) is 19.0. The van der Waals surface area contributed by atoms with Gasteiger partial charge in [0.15, 0.2) is 0 Å². The zero-order chi connectivity index (χ0) is 19.1. The summed E-state index contributed by atoms with van der Waals surface area (Å²) < 4.78 is 6.84. The van der Waals surface area contributed by atoms with Crippen LogP contribution in [0.2, 0.25) is 0 Å². The van der Waals surface area contributed by atoms with E-state index in [4.69, 9.17) is 4.74 Å². The highest BCUT2D eigenvalue weighted by atomic mass is 32.2. The lowest BCUT2D eigenvalue weighted by Crippen LogP contribution is -2.26. The van der Waals surface area contributed by atoms with Gasteiger partial charge >= 0.3 is 0 Å². The van der Waals surface area contributed by atoms with Crippen LogP contribution < -0.4 is 10.1 Å². The highest BCUT2D eigenvalue weighted by molar-refractivity contribution is 7.99. The van der Waals surface area contributed by atoms with Gasteiger partial charge < -0.3 is 10.1 Å². The van der Waals surface area contributed by atoms with Gasteiger partial charge in [0.05, 0.1) is 18.8 Å². The van der Waals surface area contributed by atoms with Crippen LogP contribution in [0.4, 0.5) is 0 Å². The van der Waals surface area contributed by atoms with E-state index in [9.17, 15) is 4.79 Å². The molecule has 0 saturated carbocycles. The van der Waals surface area contributed by atoms with Crippen molar-refractivity contribution in [2.75, 3.05) is 12.9 Å². The second-order valence-electron chi connectivity index (χ2n) is 5.99. The Balaban J connectivity index is 1.45. The van der Waals surface area contributed by atoms with Crippen molar-refractivity contribution in [3.8, 4) is 11.4 Å². The molecule has 140 valence electrons. The van der Waals surface area contributed by atoms with Gasteiger partial charge in [0, 0.05) is 17.1 Å². The first-order valence-corrected chi connectivity index (χ1v) is 9.65. The minimum atomic E-state index is -0.0479. The SMILES string of the molecule is COc1ccc(SCCC(=O)NC(C)c2ccc(-n3cncn3)cc2)cc1. The van der Waals surface area contributed by atoms with Gasteiger partial charge in [0.1, 0.15) is 18.4 Å². The number of aromatic nitrogens is 3. The van der Waals surface area contributed by atoms with Gasteiger partial charge in [0.25, 0.3) is 0 Å². The Morgan fingerprint density at radius 3 is 2.56 bits per heavy atom. The lowest BCUT2D eigenvalue weighted by molar-refractivity contribution is -0.121. The van der Waals surface area contributed by atoms with Crippen molar-refractivity contribution < 1.29 is 9.53 Å². The smallest absolute Gasteiger partial charge is 0.221 e. The van der Waals surface area contributed by atoms with E-state index in [0.717, 1.165) is 27.6 Å². The first-order chi connectivity index (χ1) is 13.2. The number of nitrogens with zero attached hydrogens (tertiary/aromatic N) is 3. The molecule has 0 saturated heterocycles. The predicted molar refractivity (Wildman–Crippen MR) is 106 cm³/mol. The van der Waals surface area contributed by atoms with Crippen molar-refractivity contribution in [3.63, 3.8) is 0 Å². The number of nitrogens with one attached hydrogen (secondary N) is 1. The molecule has 3 aromatic rings. The summed E-state index contributed by atoms with van der Waals surface area (Å²) in [5.41, 5.74) is 1.99. The lowest BCUT2D eigenvalue weighted by atomic mass is 10.1. The molecular weight excluding hydrogens is 360 g/mol. The molecule has 27 heavy (non-hydrogen) atoms. The van der Waals surface area contributed by atoms with Crippen LogP contribution >= 0.6 is 11.8 Å². The van der Waals surface area contributed by atoms with Crippen molar-refractivity contribution in [1.82, 2.24) is 20.1 Å². The standard InChI is InChI=1S/C20H22N4O2S/c1-15(16-3-5-17(6-4-16)24-14-21-13-22-24)23-20(25)11-12-27-19-9-7-18(26-2)8-10-19/h3-10,13-15H,11-12H2,1-2H3,(H,23,25). The highest BCUT2D eigenvalue weighted by Gasteiger charge is 2.10. The normalized spacial score (nSPS) is 11.8. The number of hydrogen-bond donors (Lipinski definition) is 1. The highest BCUT2D eigenvalue weighted by Crippen LogP contribution is 2.22. The maximum Gasteiger partial charge on any atom is 0.221 e. The molecule has 0 fully saturated rings. The second kappa shape index (κ2) is 9.23. The molecule has 0 bridgehead atoms. The number of carbonyl (C=O) groups excluding carboxylic acids is 1. The molecule has 1 N–H and O–H groups in total. The molecule has 3 rings (SSSR count). The average molecular weight is 382 g/mol. The molecule has 0 radical (unpaired) electrons. The summed E-state index contributed by atoms with van der Waals surface area (Å²) in [6.07, 6.45) is 3.62. The maximum absolute atomic E-state index is 12.2. The minimum absolute atomic E-state index is 0.0452. The Hall–Kier alpha value is -2.80. The number of ether oxygens (including phenoxy) is 1.